The first kappa shape index (κ1) is 6.29. The van der Waals surface area contributed by atoms with E-state index in [0.717, 1.165) is 0 Å². The molecule has 0 atom stereocenters. The minimum Gasteiger partial charge on any atom is -0.384 e. The van der Waals surface area contributed by atoms with Gasteiger partial charge in [-0.05, 0) is 12.2 Å². The monoisotopic (exact) mass is 145 g/mol. The van der Waals surface area contributed by atoms with Gasteiger partial charge in [-0.15, -0.1) is 0 Å². The van der Waals surface area contributed by atoms with Crippen LogP contribution in [0.5, 0.6) is 0 Å². The first-order chi connectivity index (χ1) is 4.20. The van der Waals surface area contributed by atoms with Crippen molar-refractivity contribution in [3.63, 3.8) is 0 Å². The topological polar surface area (TPSA) is 41.3 Å². The van der Waals surface area contributed by atoms with Gasteiger partial charge >= 0.3 is 0 Å². The largest absolute Gasteiger partial charge is 0.384 e. The average Bonchev–Trinajstić information content (AvgIpc) is 1.80. The van der Waals surface area contributed by atoms with E-state index in [1.54, 1.807) is 24.2 Å². The molecule has 0 aromatic rings. The van der Waals surface area contributed by atoms with Gasteiger partial charge in [0.1, 0.15) is 11.0 Å². The molecule has 0 fully saturated rings. The van der Waals surface area contributed by atoms with Crippen LogP contribution in [0.1, 0.15) is 0 Å². The molecule has 1 aliphatic rings. The summed E-state index contributed by atoms with van der Waals surface area (Å²) in [5.74, 6) is 0.599. The summed E-state index contributed by atoms with van der Waals surface area (Å²) < 4.78 is 0. The number of nitrogens with zero attached hydrogens (tertiary/aromatic N) is 1. The lowest BCUT2D eigenvalue weighted by Crippen LogP contribution is -2.36. The Bertz CT molecular complexity index is 173. The van der Waals surface area contributed by atoms with Crippen LogP contribution in [0, 0.1) is 0 Å². The first-order valence-corrected chi connectivity index (χ1v) is 2.91. The van der Waals surface area contributed by atoms with Gasteiger partial charge in [0, 0.05) is 7.05 Å². The Morgan fingerprint density at radius 1 is 1.67 bits per heavy atom. The Morgan fingerprint density at radius 2 is 2.33 bits per heavy atom. The maximum absolute atomic E-state index is 5.66. The zero-order valence-electron chi connectivity index (χ0n) is 5.06. The van der Waals surface area contributed by atoms with Gasteiger partial charge in [0.2, 0.25) is 0 Å². The minimum absolute atomic E-state index is 0.599. The van der Waals surface area contributed by atoms with Crippen molar-refractivity contribution in [1.82, 2.24) is 10.4 Å². The summed E-state index contributed by atoms with van der Waals surface area (Å²) in [6.07, 6.45) is 3.44. The second kappa shape index (κ2) is 2.19. The molecule has 3 nitrogen and oxygen atoms in total. The van der Waals surface area contributed by atoms with Gasteiger partial charge in [-0.25, -0.2) is 0 Å². The van der Waals surface area contributed by atoms with Crippen molar-refractivity contribution >= 4 is 11.6 Å². The van der Waals surface area contributed by atoms with E-state index in [-0.39, 0.29) is 0 Å². The predicted octanol–water partition coefficient (Wildman–Crippen LogP) is 0.317. The van der Waals surface area contributed by atoms with Crippen LogP contribution in [-0.2, 0) is 0 Å². The number of rotatable bonds is 0. The van der Waals surface area contributed by atoms with Crippen molar-refractivity contribution in [2.45, 2.75) is 0 Å². The van der Waals surface area contributed by atoms with Crippen molar-refractivity contribution in [3.05, 3.63) is 23.1 Å². The number of nitrogens with one attached hydrogen (secondary N) is 1. The molecule has 0 saturated carbocycles. The van der Waals surface area contributed by atoms with Gasteiger partial charge in [0.25, 0.3) is 0 Å². The molecule has 0 aromatic carbocycles. The molecule has 50 valence electrons. The minimum atomic E-state index is 0.599. The van der Waals surface area contributed by atoms with Crippen LogP contribution in [0.25, 0.3) is 0 Å². The molecule has 0 aliphatic carbocycles. The van der Waals surface area contributed by atoms with Crippen molar-refractivity contribution < 1.29 is 0 Å². The van der Waals surface area contributed by atoms with Gasteiger partial charge in [-0.3, -0.25) is 10.4 Å². The molecule has 0 radical (unpaired) electrons. The summed E-state index contributed by atoms with van der Waals surface area (Å²) in [5, 5.41) is 2.26. The Morgan fingerprint density at radius 3 is 2.78 bits per heavy atom. The third kappa shape index (κ3) is 1.29. The molecule has 0 saturated heterocycles. The van der Waals surface area contributed by atoms with Crippen LogP contribution in [0.4, 0.5) is 0 Å². The highest BCUT2D eigenvalue weighted by atomic mass is 35.5. The summed E-state index contributed by atoms with van der Waals surface area (Å²) in [4.78, 5) is 0. The van der Waals surface area contributed by atoms with E-state index in [1.165, 1.54) is 0 Å². The van der Waals surface area contributed by atoms with E-state index < -0.39 is 0 Å². The fourth-order valence-corrected chi connectivity index (χ4v) is 0.660. The molecule has 9 heavy (non-hydrogen) atoms. The molecule has 1 aliphatic heterocycles. The third-order valence-corrected chi connectivity index (χ3v) is 1.40. The second-order valence-electron chi connectivity index (χ2n) is 1.78. The fraction of sp³-hybridized carbons (Fsp3) is 0.200. The highest BCUT2D eigenvalue weighted by Gasteiger charge is 2.03. The van der Waals surface area contributed by atoms with E-state index >= 15 is 0 Å². The van der Waals surface area contributed by atoms with Gasteiger partial charge in [-0.2, -0.15) is 0 Å². The summed E-state index contributed by atoms with van der Waals surface area (Å²) in [6, 6.07) is 0. The zero-order valence-corrected chi connectivity index (χ0v) is 5.81. The van der Waals surface area contributed by atoms with Gasteiger partial charge in [-0.1, -0.05) is 11.6 Å². The quantitative estimate of drug-likeness (QED) is 0.483. The van der Waals surface area contributed by atoms with Gasteiger partial charge in [0.05, 0.1) is 0 Å². The molecular formula is C5H8ClN3. The molecular weight excluding hydrogens is 138 g/mol. The zero-order chi connectivity index (χ0) is 6.85. The number of hydrogen-bond donors (Lipinski definition) is 2. The molecule has 0 amide bonds. The maximum Gasteiger partial charge on any atom is 0.123 e. The summed E-state index contributed by atoms with van der Waals surface area (Å²) in [7, 11) is 1.79. The van der Waals surface area contributed by atoms with Crippen molar-refractivity contribution in [3.8, 4) is 0 Å². The molecule has 3 N–H and O–H groups in total. The van der Waals surface area contributed by atoms with Crippen LogP contribution < -0.4 is 11.2 Å². The summed E-state index contributed by atoms with van der Waals surface area (Å²) >= 11 is 5.66. The van der Waals surface area contributed by atoms with Gasteiger partial charge in [0.15, 0.2) is 0 Å². The number of halogens is 1. The van der Waals surface area contributed by atoms with Crippen LogP contribution >= 0.6 is 11.6 Å². The average molecular weight is 146 g/mol. The number of allylic oxidation sites excluding steroid dienone is 2. The Hall–Kier alpha value is -0.830. The first-order valence-electron chi connectivity index (χ1n) is 2.53. The number of nitrogens with two attached hydrogens (primary N) is 1. The SMILES string of the molecule is CN1NC(N)=CC=C1Cl. The van der Waals surface area contributed by atoms with Crippen LogP contribution in [0.2, 0.25) is 0 Å². The third-order valence-electron chi connectivity index (χ3n) is 1.02. The highest BCUT2D eigenvalue weighted by Crippen LogP contribution is 2.08. The summed E-state index contributed by atoms with van der Waals surface area (Å²) in [5.41, 5.74) is 8.19. The Kier molecular flexibility index (Phi) is 1.53. The summed E-state index contributed by atoms with van der Waals surface area (Å²) in [6.45, 7) is 0. The smallest absolute Gasteiger partial charge is 0.123 e. The van der Waals surface area contributed by atoms with Crippen LogP contribution in [0.15, 0.2) is 23.1 Å². The lowest BCUT2D eigenvalue weighted by molar-refractivity contribution is 0.351. The Labute approximate surface area is 58.7 Å². The van der Waals surface area contributed by atoms with E-state index in [4.69, 9.17) is 17.3 Å². The molecule has 4 heteroatoms. The van der Waals surface area contributed by atoms with E-state index in [1.807, 2.05) is 0 Å². The molecule has 0 bridgehead atoms. The number of hydrogen-bond acceptors (Lipinski definition) is 3. The standard InChI is InChI=1S/C5H8ClN3/c1-9-4(6)2-3-5(7)8-9/h2-3,8H,7H2,1H3. The maximum atomic E-state index is 5.66. The van der Waals surface area contributed by atoms with E-state index in [9.17, 15) is 0 Å². The molecule has 1 rings (SSSR count). The lowest BCUT2D eigenvalue weighted by atomic mass is 10.5. The van der Waals surface area contributed by atoms with Crippen LogP contribution in [0.3, 0.4) is 0 Å². The van der Waals surface area contributed by atoms with Crippen molar-refractivity contribution in [2.24, 2.45) is 5.73 Å². The van der Waals surface area contributed by atoms with Crippen molar-refractivity contribution in [1.29, 1.82) is 0 Å². The lowest BCUT2D eigenvalue weighted by Gasteiger charge is -2.22. The molecule has 0 spiro atoms. The highest BCUT2D eigenvalue weighted by molar-refractivity contribution is 6.29. The molecule has 0 aromatic heterocycles. The van der Waals surface area contributed by atoms with Gasteiger partial charge < -0.3 is 5.73 Å². The molecule has 1 heterocycles. The second-order valence-corrected chi connectivity index (χ2v) is 2.17. The van der Waals surface area contributed by atoms with E-state index in [2.05, 4.69) is 5.43 Å². The Balaban J connectivity index is 2.74. The van der Waals surface area contributed by atoms with Crippen LogP contribution in [-0.4, -0.2) is 12.1 Å². The van der Waals surface area contributed by atoms with E-state index in [0.29, 0.717) is 11.0 Å². The van der Waals surface area contributed by atoms with Crippen molar-refractivity contribution in [2.75, 3.05) is 7.05 Å². The normalized spacial score (nSPS) is 18.2. The predicted molar refractivity (Wildman–Crippen MR) is 37.1 cm³/mol. The fourth-order valence-electron chi connectivity index (χ4n) is 0.555. The number of hydrazine groups is 1. The molecule has 0 unspecified atom stereocenters.